The third-order valence-corrected chi connectivity index (χ3v) is 8.38. The Hall–Kier alpha value is -1.13. The number of hydrogen-bond acceptors (Lipinski definition) is 5. The fraction of sp³-hybridized carbons (Fsp3) is 0.700. The SMILES string of the molecule is CN1CCN(C[C@H]2CCC3(CCN(S(=O)(=O)c4cc(F)cc(F)c4)CC3)O2)CC1. The van der Waals surface area contributed by atoms with Gasteiger partial charge in [-0.1, -0.05) is 0 Å². The molecule has 3 aliphatic heterocycles. The average Bonchev–Trinajstić information content (AvgIpc) is 3.05. The highest BCUT2D eigenvalue weighted by molar-refractivity contribution is 7.89. The molecule has 0 aromatic heterocycles. The molecule has 1 aromatic rings. The second kappa shape index (κ2) is 8.19. The number of piperazine rings is 1. The van der Waals surface area contributed by atoms with Gasteiger partial charge in [-0.2, -0.15) is 4.31 Å². The first-order valence-electron chi connectivity index (χ1n) is 10.3. The van der Waals surface area contributed by atoms with Crippen LogP contribution in [0.15, 0.2) is 23.1 Å². The summed E-state index contributed by atoms with van der Waals surface area (Å²) >= 11 is 0. The van der Waals surface area contributed by atoms with E-state index in [2.05, 4.69) is 16.8 Å². The summed E-state index contributed by atoms with van der Waals surface area (Å²) in [7, 11) is -1.77. The fourth-order valence-corrected chi connectivity index (χ4v) is 6.16. The molecule has 3 aliphatic rings. The maximum atomic E-state index is 13.5. The van der Waals surface area contributed by atoms with Crippen molar-refractivity contribution in [3.8, 4) is 0 Å². The predicted octanol–water partition coefficient (Wildman–Crippen LogP) is 1.91. The van der Waals surface area contributed by atoms with E-state index in [1.54, 1.807) is 0 Å². The first kappa shape index (κ1) is 21.1. The molecule has 0 radical (unpaired) electrons. The topological polar surface area (TPSA) is 53.1 Å². The quantitative estimate of drug-likeness (QED) is 0.732. The van der Waals surface area contributed by atoms with Crippen LogP contribution in [0, 0.1) is 11.6 Å². The number of likely N-dealkylation sites (N-methyl/N-ethyl adjacent to an activating group) is 1. The maximum absolute atomic E-state index is 13.5. The Morgan fingerprint density at radius 3 is 2.24 bits per heavy atom. The molecule has 162 valence electrons. The van der Waals surface area contributed by atoms with Gasteiger partial charge >= 0.3 is 0 Å². The van der Waals surface area contributed by atoms with Gasteiger partial charge < -0.3 is 9.64 Å². The Labute approximate surface area is 171 Å². The van der Waals surface area contributed by atoms with Gasteiger partial charge in [-0.3, -0.25) is 4.90 Å². The van der Waals surface area contributed by atoms with Crippen molar-refractivity contribution >= 4 is 10.0 Å². The normalized spacial score (nSPS) is 26.9. The number of sulfonamides is 1. The Morgan fingerprint density at radius 1 is 1.00 bits per heavy atom. The van der Waals surface area contributed by atoms with Crippen LogP contribution in [0.2, 0.25) is 0 Å². The van der Waals surface area contributed by atoms with Crippen LogP contribution in [0.5, 0.6) is 0 Å². The van der Waals surface area contributed by atoms with Crippen molar-refractivity contribution < 1.29 is 21.9 Å². The van der Waals surface area contributed by atoms with Gasteiger partial charge in [-0.15, -0.1) is 0 Å². The van der Waals surface area contributed by atoms with Crippen LogP contribution in [0.4, 0.5) is 8.78 Å². The largest absolute Gasteiger partial charge is 0.370 e. The molecule has 1 atom stereocenters. The molecular weight excluding hydrogens is 400 g/mol. The van der Waals surface area contributed by atoms with Crippen LogP contribution < -0.4 is 0 Å². The van der Waals surface area contributed by atoms with Crippen LogP contribution in [0.25, 0.3) is 0 Å². The first-order chi connectivity index (χ1) is 13.8. The lowest BCUT2D eigenvalue weighted by Gasteiger charge is -2.39. The highest BCUT2D eigenvalue weighted by Crippen LogP contribution is 2.40. The third-order valence-electron chi connectivity index (χ3n) is 6.50. The summed E-state index contributed by atoms with van der Waals surface area (Å²) in [6, 6.07) is 2.43. The molecule has 9 heteroatoms. The lowest BCUT2D eigenvalue weighted by molar-refractivity contribution is -0.0777. The lowest BCUT2D eigenvalue weighted by atomic mass is 9.89. The number of halogens is 2. The zero-order valence-electron chi connectivity index (χ0n) is 16.8. The molecule has 3 fully saturated rings. The van der Waals surface area contributed by atoms with Crippen molar-refractivity contribution in [1.82, 2.24) is 14.1 Å². The van der Waals surface area contributed by atoms with E-state index in [1.807, 2.05) is 0 Å². The van der Waals surface area contributed by atoms with Crippen molar-refractivity contribution in [1.29, 1.82) is 0 Å². The molecule has 0 aliphatic carbocycles. The number of benzene rings is 1. The third kappa shape index (κ3) is 4.64. The van der Waals surface area contributed by atoms with E-state index in [1.165, 1.54) is 4.31 Å². The van der Waals surface area contributed by atoms with Crippen molar-refractivity contribution in [2.24, 2.45) is 0 Å². The van der Waals surface area contributed by atoms with E-state index >= 15 is 0 Å². The van der Waals surface area contributed by atoms with Gasteiger partial charge in [0, 0.05) is 51.9 Å². The Bertz CT molecular complexity index is 815. The van der Waals surface area contributed by atoms with Crippen LogP contribution in [-0.2, 0) is 14.8 Å². The van der Waals surface area contributed by atoms with Crippen LogP contribution >= 0.6 is 0 Å². The highest BCUT2D eigenvalue weighted by atomic mass is 32.2. The first-order valence-corrected chi connectivity index (χ1v) is 11.7. The number of nitrogens with zero attached hydrogens (tertiary/aromatic N) is 3. The van der Waals surface area contributed by atoms with Gasteiger partial charge in [0.05, 0.1) is 16.6 Å². The van der Waals surface area contributed by atoms with E-state index in [0.29, 0.717) is 32.0 Å². The van der Waals surface area contributed by atoms with Gasteiger partial charge in [-0.05, 0) is 44.9 Å². The molecule has 0 amide bonds. The Balaban J connectivity index is 1.34. The van der Waals surface area contributed by atoms with E-state index in [9.17, 15) is 17.2 Å². The zero-order valence-corrected chi connectivity index (χ0v) is 17.6. The smallest absolute Gasteiger partial charge is 0.243 e. The fourth-order valence-electron chi connectivity index (χ4n) is 4.67. The van der Waals surface area contributed by atoms with E-state index in [4.69, 9.17) is 4.74 Å². The molecule has 1 spiro atoms. The minimum atomic E-state index is -3.91. The minimum absolute atomic E-state index is 0.193. The van der Waals surface area contributed by atoms with Crippen molar-refractivity contribution in [2.45, 2.75) is 42.3 Å². The molecule has 0 saturated carbocycles. The monoisotopic (exact) mass is 429 g/mol. The summed E-state index contributed by atoms with van der Waals surface area (Å²) in [5, 5.41) is 0. The van der Waals surface area contributed by atoms with Gasteiger partial charge in [0.2, 0.25) is 10.0 Å². The molecule has 0 N–H and O–H groups in total. The van der Waals surface area contributed by atoms with Gasteiger partial charge in [0.15, 0.2) is 0 Å². The summed E-state index contributed by atoms with van der Waals surface area (Å²) < 4.78 is 60.3. The number of ether oxygens (including phenoxy) is 1. The highest BCUT2D eigenvalue weighted by Gasteiger charge is 2.45. The minimum Gasteiger partial charge on any atom is -0.370 e. The summed E-state index contributed by atoms with van der Waals surface area (Å²) in [5.41, 5.74) is -0.267. The van der Waals surface area contributed by atoms with E-state index in [0.717, 1.165) is 57.7 Å². The molecule has 6 nitrogen and oxygen atoms in total. The number of piperidine rings is 1. The second-order valence-corrected chi connectivity index (χ2v) is 10.5. The van der Waals surface area contributed by atoms with Crippen LogP contribution in [0.3, 0.4) is 0 Å². The van der Waals surface area contributed by atoms with Crippen molar-refractivity contribution in [3.63, 3.8) is 0 Å². The number of hydrogen-bond donors (Lipinski definition) is 0. The lowest BCUT2D eigenvalue weighted by Crippen LogP contribution is -2.49. The summed E-state index contributed by atoms with van der Waals surface area (Å²) in [5.74, 6) is -1.77. The second-order valence-electron chi connectivity index (χ2n) is 8.57. The van der Waals surface area contributed by atoms with Gasteiger partial charge in [0.25, 0.3) is 0 Å². The zero-order chi connectivity index (χ0) is 20.6. The molecule has 4 rings (SSSR count). The standard InChI is InChI=1S/C20H29F2N3O3S/c1-23-8-10-24(11-9-23)15-18-2-3-20(28-18)4-6-25(7-5-20)29(26,27)19-13-16(21)12-17(22)14-19/h12-14,18H,2-11,15H2,1H3/t18-/m1/s1. The predicted molar refractivity (Wildman–Crippen MR) is 105 cm³/mol. The summed E-state index contributed by atoms with van der Waals surface area (Å²) in [4.78, 5) is 4.45. The van der Waals surface area contributed by atoms with Crippen LogP contribution in [-0.4, -0.2) is 87.1 Å². The van der Waals surface area contributed by atoms with Crippen molar-refractivity contribution in [3.05, 3.63) is 29.8 Å². The Kier molecular flexibility index (Phi) is 5.96. The molecule has 1 aromatic carbocycles. The maximum Gasteiger partial charge on any atom is 0.243 e. The molecule has 3 heterocycles. The van der Waals surface area contributed by atoms with Gasteiger partial charge in [0.1, 0.15) is 11.6 Å². The van der Waals surface area contributed by atoms with Gasteiger partial charge in [-0.25, -0.2) is 17.2 Å². The molecule has 29 heavy (non-hydrogen) atoms. The van der Waals surface area contributed by atoms with E-state index in [-0.39, 0.29) is 16.6 Å². The van der Waals surface area contributed by atoms with Crippen LogP contribution in [0.1, 0.15) is 25.7 Å². The summed E-state index contributed by atoms with van der Waals surface area (Å²) in [6.45, 7) is 5.80. The van der Waals surface area contributed by atoms with Crippen molar-refractivity contribution in [2.75, 3.05) is 52.9 Å². The molecule has 0 bridgehead atoms. The Morgan fingerprint density at radius 2 is 1.62 bits per heavy atom. The summed E-state index contributed by atoms with van der Waals surface area (Å²) in [6.07, 6.45) is 3.35. The molecule has 0 unspecified atom stereocenters. The molecule has 3 saturated heterocycles. The average molecular weight is 430 g/mol. The molecular formula is C20H29F2N3O3S. The van der Waals surface area contributed by atoms with E-state index < -0.39 is 21.7 Å². The number of rotatable bonds is 4.